The zero-order valence-corrected chi connectivity index (χ0v) is 20.7. The second kappa shape index (κ2) is 13.8. The van der Waals surface area contributed by atoms with Gasteiger partial charge in [0.05, 0.1) is 5.56 Å². The number of aromatic hydroxyl groups is 1. The topological polar surface area (TPSA) is 69.6 Å². The number of aryl methyl sites for hydroxylation is 2. The first kappa shape index (κ1) is 26.7. The average molecular weight is 461 g/mol. The molecule has 5 nitrogen and oxygen atoms in total. The molecular formula is C29H36N2O3. The number of hydrogen-bond donors (Lipinski definition) is 2. The number of carbonyl (C=O) groups excluding carboxylic acids is 2. The van der Waals surface area contributed by atoms with E-state index >= 15 is 0 Å². The van der Waals surface area contributed by atoms with Gasteiger partial charge in [-0.2, -0.15) is 0 Å². The predicted octanol–water partition coefficient (Wildman–Crippen LogP) is 6.16. The molecule has 0 aliphatic rings. The number of benzene rings is 3. The molecule has 0 saturated heterocycles. The molecular weight excluding hydrogens is 424 g/mol. The van der Waals surface area contributed by atoms with E-state index in [1.165, 1.54) is 11.1 Å². The van der Waals surface area contributed by atoms with Crippen LogP contribution < -0.4 is 10.2 Å². The first-order valence-electron chi connectivity index (χ1n) is 11.8. The molecule has 3 aromatic carbocycles. The summed E-state index contributed by atoms with van der Waals surface area (Å²) in [5.74, 6) is 0.139. The maximum Gasteiger partial charge on any atom is 0.161 e. The number of nitrogens with zero attached hydrogens (tertiary/aromatic N) is 1. The minimum atomic E-state index is 0.0429. The molecule has 2 N–H and O–H groups in total. The summed E-state index contributed by atoms with van der Waals surface area (Å²) in [6.45, 7) is 7.64. The fraction of sp³-hybridized carbons (Fsp3) is 0.310. The molecule has 0 aromatic heterocycles. The van der Waals surface area contributed by atoms with Gasteiger partial charge in [0.1, 0.15) is 5.75 Å². The highest BCUT2D eigenvalue weighted by Gasteiger charge is 2.08. The fourth-order valence-corrected chi connectivity index (χ4v) is 3.77. The summed E-state index contributed by atoms with van der Waals surface area (Å²) < 4.78 is 0. The van der Waals surface area contributed by atoms with Crippen molar-refractivity contribution in [1.29, 1.82) is 0 Å². The molecule has 0 heterocycles. The van der Waals surface area contributed by atoms with Gasteiger partial charge in [0.15, 0.2) is 12.1 Å². The van der Waals surface area contributed by atoms with Crippen LogP contribution in [0.25, 0.3) is 0 Å². The lowest BCUT2D eigenvalue weighted by molar-refractivity contribution is 0.101. The summed E-state index contributed by atoms with van der Waals surface area (Å²) in [5, 5.41) is 12.5. The molecule has 34 heavy (non-hydrogen) atoms. The number of phenolic OH excluding ortho intramolecular Hbond substituents is 1. The van der Waals surface area contributed by atoms with E-state index < -0.39 is 0 Å². The number of phenols is 1. The highest BCUT2D eigenvalue weighted by Crippen LogP contribution is 2.23. The largest absolute Gasteiger partial charge is 0.507 e. The number of ketones is 1. The van der Waals surface area contributed by atoms with Crippen LogP contribution in [0.15, 0.2) is 66.7 Å². The van der Waals surface area contributed by atoms with Crippen LogP contribution >= 0.6 is 0 Å². The van der Waals surface area contributed by atoms with Gasteiger partial charge in [-0.05, 0) is 74.6 Å². The molecule has 0 aliphatic carbocycles. The van der Waals surface area contributed by atoms with E-state index in [-0.39, 0.29) is 11.5 Å². The van der Waals surface area contributed by atoms with Crippen LogP contribution in [0.3, 0.4) is 0 Å². The Bertz CT molecular complexity index is 1060. The fourth-order valence-electron chi connectivity index (χ4n) is 3.77. The zero-order chi connectivity index (χ0) is 24.9. The monoisotopic (exact) mass is 460 g/mol. The number of nitrogens with one attached hydrogen (secondary N) is 1. The molecule has 3 aromatic rings. The minimum Gasteiger partial charge on any atom is -0.507 e. The molecule has 3 rings (SSSR count). The molecule has 5 heteroatoms. The molecule has 0 amide bonds. The van der Waals surface area contributed by atoms with Crippen LogP contribution in [-0.2, 0) is 12.8 Å². The first-order valence-corrected chi connectivity index (χ1v) is 11.8. The summed E-state index contributed by atoms with van der Waals surface area (Å²) in [6.07, 6.45) is 3.74. The Morgan fingerprint density at radius 3 is 2.26 bits per heavy atom. The number of rotatable bonds is 10. The van der Waals surface area contributed by atoms with Gasteiger partial charge in [-0.3, -0.25) is 9.59 Å². The third-order valence-corrected chi connectivity index (χ3v) is 5.66. The quantitative estimate of drug-likeness (QED) is 0.280. The van der Waals surface area contributed by atoms with Gasteiger partial charge in [-0.15, -0.1) is 0 Å². The molecule has 0 fully saturated rings. The van der Waals surface area contributed by atoms with Crippen molar-refractivity contribution >= 4 is 23.4 Å². The van der Waals surface area contributed by atoms with E-state index in [0.717, 1.165) is 49.3 Å². The SMILES string of the molecule is CCCN(CC)c1ccc(O)c(C=O)c1.CNc1cc(CCc2ccccc2)ccc1C(C)=O. The molecule has 0 bridgehead atoms. The highest BCUT2D eigenvalue weighted by atomic mass is 16.3. The summed E-state index contributed by atoms with van der Waals surface area (Å²) in [4.78, 5) is 24.3. The average Bonchev–Trinajstić information content (AvgIpc) is 2.87. The lowest BCUT2D eigenvalue weighted by atomic mass is 10.0. The Hall–Kier alpha value is -3.60. The van der Waals surface area contributed by atoms with Crippen molar-refractivity contribution in [2.24, 2.45) is 0 Å². The van der Waals surface area contributed by atoms with E-state index in [0.29, 0.717) is 11.8 Å². The molecule has 0 unspecified atom stereocenters. The van der Waals surface area contributed by atoms with Gasteiger partial charge in [0.25, 0.3) is 0 Å². The second-order valence-corrected chi connectivity index (χ2v) is 8.11. The number of carbonyl (C=O) groups is 2. The zero-order valence-electron chi connectivity index (χ0n) is 20.7. The van der Waals surface area contributed by atoms with Crippen LogP contribution in [0, 0.1) is 0 Å². The van der Waals surface area contributed by atoms with Gasteiger partial charge >= 0.3 is 0 Å². The Kier molecular flexibility index (Phi) is 10.8. The van der Waals surface area contributed by atoms with Crippen molar-refractivity contribution in [3.05, 3.63) is 89.0 Å². The Morgan fingerprint density at radius 1 is 0.971 bits per heavy atom. The van der Waals surface area contributed by atoms with Crippen molar-refractivity contribution in [3.8, 4) is 5.75 Å². The normalized spacial score (nSPS) is 10.1. The van der Waals surface area contributed by atoms with Crippen molar-refractivity contribution in [1.82, 2.24) is 0 Å². The van der Waals surface area contributed by atoms with Crippen molar-refractivity contribution in [2.45, 2.75) is 40.0 Å². The van der Waals surface area contributed by atoms with Crippen LogP contribution in [0.4, 0.5) is 11.4 Å². The molecule has 0 saturated carbocycles. The minimum absolute atomic E-state index is 0.0429. The number of Topliss-reactive ketones (excluding diaryl/α,β-unsaturated/α-hetero) is 1. The molecule has 0 aliphatic heterocycles. The van der Waals surface area contributed by atoms with Gasteiger partial charge in [-0.1, -0.05) is 43.3 Å². The molecule has 0 spiro atoms. The van der Waals surface area contributed by atoms with Crippen LogP contribution in [0.2, 0.25) is 0 Å². The lowest BCUT2D eigenvalue weighted by Crippen LogP contribution is -2.23. The third-order valence-electron chi connectivity index (χ3n) is 5.66. The van der Waals surface area contributed by atoms with E-state index in [1.807, 2.05) is 31.3 Å². The molecule has 0 atom stereocenters. The summed E-state index contributed by atoms with van der Waals surface area (Å²) >= 11 is 0. The van der Waals surface area contributed by atoms with E-state index in [1.54, 1.807) is 19.1 Å². The summed E-state index contributed by atoms with van der Waals surface area (Å²) in [7, 11) is 1.85. The molecule has 0 radical (unpaired) electrons. The smallest absolute Gasteiger partial charge is 0.161 e. The number of aldehydes is 1. The van der Waals surface area contributed by atoms with Gasteiger partial charge < -0.3 is 15.3 Å². The van der Waals surface area contributed by atoms with Gasteiger partial charge in [0.2, 0.25) is 0 Å². The highest BCUT2D eigenvalue weighted by molar-refractivity contribution is 5.99. The number of anilines is 2. The maximum absolute atomic E-state index is 11.5. The predicted molar refractivity (Wildman–Crippen MR) is 142 cm³/mol. The number of hydrogen-bond acceptors (Lipinski definition) is 5. The summed E-state index contributed by atoms with van der Waals surface area (Å²) in [6, 6.07) is 21.6. The second-order valence-electron chi connectivity index (χ2n) is 8.11. The standard InChI is InChI=1S/C17H19NO.C12H17NO2/c1-13(19)16-11-10-15(12-17(16)18-2)9-8-14-6-4-3-5-7-14;1-3-7-13(4-2)11-5-6-12(15)10(8-11)9-14/h3-7,10-12,18H,8-9H2,1-2H3;5-6,8-9,15H,3-4,7H2,1-2H3. The Balaban J connectivity index is 0.000000248. The van der Waals surface area contributed by atoms with E-state index in [2.05, 4.69) is 54.4 Å². The Morgan fingerprint density at radius 2 is 1.68 bits per heavy atom. The van der Waals surface area contributed by atoms with Crippen LogP contribution in [-0.4, -0.2) is 37.3 Å². The Labute approximate surface area is 203 Å². The van der Waals surface area contributed by atoms with E-state index in [4.69, 9.17) is 0 Å². The van der Waals surface area contributed by atoms with E-state index in [9.17, 15) is 14.7 Å². The van der Waals surface area contributed by atoms with Crippen LogP contribution in [0.5, 0.6) is 5.75 Å². The van der Waals surface area contributed by atoms with Gasteiger partial charge in [-0.25, -0.2) is 0 Å². The van der Waals surface area contributed by atoms with Crippen molar-refractivity contribution < 1.29 is 14.7 Å². The van der Waals surface area contributed by atoms with Crippen molar-refractivity contribution in [3.63, 3.8) is 0 Å². The van der Waals surface area contributed by atoms with Gasteiger partial charge in [0, 0.05) is 37.1 Å². The maximum atomic E-state index is 11.5. The summed E-state index contributed by atoms with van der Waals surface area (Å²) in [5.41, 5.74) is 5.59. The van der Waals surface area contributed by atoms with Crippen LogP contribution in [0.1, 0.15) is 59.0 Å². The first-order chi connectivity index (χ1) is 16.4. The molecule has 180 valence electrons. The third kappa shape index (κ3) is 7.77. The van der Waals surface area contributed by atoms with Crippen molar-refractivity contribution in [2.75, 3.05) is 30.4 Å². The lowest BCUT2D eigenvalue weighted by Gasteiger charge is -2.22.